The van der Waals surface area contributed by atoms with Crippen LogP contribution in [-0.4, -0.2) is 18.6 Å². The van der Waals surface area contributed by atoms with Crippen molar-refractivity contribution in [1.82, 2.24) is 10.2 Å². The van der Waals surface area contributed by atoms with Gasteiger partial charge in [0, 0.05) is 6.42 Å². The summed E-state index contributed by atoms with van der Waals surface area (Å²) in [4.78, 5) is 0. The van der Waals surface area contributed by atoms with Gasteiger partial charge in [-0.05, 0) is 18.1 Å². The van der Waals surface area contributed by atoms with Crippen LogP contribution in [0.25, 0.3) is 0 Å². The first-order valence-corrected chi connectivity index (χ1v) is 9.58. The molecule has 25 heavy (non-hydrogen) atoms. The number of nitrogens with zero attached hydrogens (tertiary/aromatic N) is 2. The van der Waals surface area contributed by atoms with Crippen molar-refractivity contribution in [3.8, 4) is 0 Å². The Morgan fingerprint density at radius 1 is 1.04 bits per heavy atom. The molecule has 3 rings (SSSR count). The molecule has 3 aromatic rings. The van der Waals surface area contributed by atoms with Crippen LogP contribution in [0.2, 0.25) is 0 Å². The van der Waals surface area contributed by atoms with Crippen molar-refractivity contribution in [3.05, 3.63) is 77.2 Å². The highest BCUT2D eigenvalue weighted by Crippen LogP contribution is 2.19. The van der Waals surface area contributed by atoms with Crippen molar-refractivity contribution < 1.29 is 18.6 Å². The lowest BCUT2D eigenvalue weighted by Gasteiger charge is -2.04. The number of hydrogen-bond donors (Lipinski definition) is 1. The van der Waals surface area contributed by atoms with Gasteiger partial charge in [-0.2, -0.15) is 0 Å². The Bertz CT molecular complexity index is 952. The Morgan fingerprint density at radius 2 is 1.76 bits per heavy atom. The van der Waals surface area contributed by atoms with E-state index in [0.29, 0.717) is 12.0 Å². The monoisotopic (exact) mass is 358 g/mol. The van der Waals surface area contributed by atoms with E-state index >= 15 is 0 Å². The number of quaternary nitrogens is 1. The molecule has 0 aliphatic rings. The third-order valence-electron chi connectivity index (χ3n) is 3.80. The van der Waals surface area contributed by atoms with Crippen LogP contribution in [0.3, 0.4) is 0 Å². The first-order valence-electron chi connectivity index (χ1n) is 7.93. The highest BCUT2D eigenvalue weighted by atomic mass is 32.2. The maximum absolute atomic E-state index is 12.5. The summed E-state index contributed by atoms with van der Waals surface area (Å²) in [6.45, 7) is 1.91. The van der Waals surface area contributed by atoms with E-state index in [1.165, 1.54) is 0 Å². The van der Waals surface area contributed by atoms with Crippen molar-refractivity contribution in [1.29, 1.82) is 0 Å². The lowest BCUT2D eigenvalue weighted by molar-refractivity contribution is -0.431. The maximum atomic E-state index is 12.5. The molecule has 130 valence electrons. The topological polar surface area (TPSA) is 101 Å². The standard InChI is InChI=1S/C18H19N3O3S/c1-13-6-5-9-15(10-13)12-25(22,23)18-21-20-17(24-18)16(19)11-14-7-3-2-4-8-14/h2-10,16H,11-12,19H2,1H3/p+1/t16-/m0/s1. The Morgan fingerprint density at radius 3 is 2.48 bits per heavy atom. The molecule has 0 saturated heterocycles. The van der Waals surface area contributed by atoms with E-state index in [-0.39, 0.29) is 22.9 Å². The van der Waals surface area contributed by atoms with E-state index < -0.39 is 9.84 Å². The molecule has 0 radical (unpaired) electrons. The fourth-order valence-electron chi connectivity index (χ4n) is 2.58. The molecule has 0 fully saturated rings. The predicted molar refractivity (Wildman–Crippen MR) is 92.1 cm³/mol. The zero-order valence-electron chi connectivity index (χ0n) is 13.9. The van der Waals surface area contributed by atoms with Gasteiger partial charge in [0.1, 0.15) is 0 Å². The minimum absolute atomic E-state index is 0.170. The van der Waals surface area contributed by atoms with Crippen molar-refractivity contribution in [2.75, 3.05) is 0 Å². The van der Waals surface area contributed by atoms with Gasteiger partial charge in [0.05, 0.1) is 5.75 Å². The predicted octanol–water partition coefficient (Wildman–Crippen LogP) is 1.88. The molecule has 1 heterocycles. The lowest BCUT2D eigenvalue weighted by Crippen LogP contribution is -2.54. The zero-order valence-corrected chi connectivity index (χ0v) is 14.7. The Labute approximate surface area is 146 Å². The summed E-state index contributed by atoms with van der Waals surface area (Å²) < 4.78 is 30.4. The van der Waals surface area contributed by atoms with Gasteiger partial charge in [-0.3, -0.25) is 0 Å². The van der Waals surface area contributed by atoms with Crippen LogP contribution in [0.5, 0.6) is 0 Å². The van der Waals surface area contributed by atoms with Gasteiger partial charge in [0.15, 0.2) is 6.04 Å². The molecule has 1 aromatic heterocycles. The quantitative estimate of drug-likeness (QED) is 0.725. The van der Waals surface area contributed by atoms with Crippen LogP contribution in [-0.2, 0) is 22.0 Å². The highest BCUT2D eigenvalue weighted by Gasteiger charge is 2.26. The minimum Gasteiger partial charge on any atom is -0.406 e. The molecule has 0 saturated carbocycles. The second-order valence-electron chi connectivity index (χ2n) is 6.04. The summed E-state index contributed by atoms with van der Waals surface area (Å²) >= 11 is 0. The van der Waals surface area contributed by atoms with Crippen LogP contribution >= 0.6 is 0 Å². The van der Waals surface area contributed by atoms with Gasteiger partial charge >= 0.3 is 5.22 Å². The molecule has 0 spiro atoms. The fourth-order valence-corrected chi connectivity index (χ4v) is 3.70. The molecule has 0 unspecified atom stereocenters. The molecular formula is C18H20N3O3S+. The largest absolute Gasteiger partial charge is 0.406 e. The zero-order chi connectivity index (χ0) is 17.9. The molecule has 0 amide bonds. The van der Waals surface area contributed by atoms with Gasteiger partial charge in [-0.15, -0.1) is 5.10 Å². The third-order valence-corrected chi connectivity index (χ3v) is 5.21. The van der Waals surface area contributed by atoms with Crippen molar-refractivity contribution in [2.24, 2.45) is 0 Å². The average molecular weight is 358 g/mol. The van der Waals surface area contributed by atoms with Crippen LogP contribution in [0.4, 0.5) is 0 Å². The van der Waals surface area contributed by atoms with Gasteiger partial charge in [-0.25, -0.2) is 8.42 Å². The normalized spacial score (nSPS) is 12.9. The van der Waals surface area contributed by atoms with E-state index in [9.17, 15) is 8.42 Å². The van der Waals surface area contributed by atoms with E-state index in [1.54, 1.807) is 6.07 Å². The van der Waals surface area contributed by atoms with Crippen LogP contribution in [0.15, 0.2) is 64.2 Å². The summed E-state index contributed by atoms with van der Waals surface area (Å²) in [6.07, 6.45) is 0.598. The minimum atomic E-state index is -3.68. The summed E-state index contributed by atoms with van der Waals surface area (Å²) in [7, 11) is -3.68. The molecule has 0 aliphatic heterocycles. The number of hydrogen-bond acceptors (Lipinski definition) is 5. The Hall–Kier alpha value is -2.51. The maximum Gasteiger partial charge on any atom is 0.336 e. The molecule has 0 aliphatic carbocycles. The summed E-state index contributed by atoms with van der Waals surface area (Å²) in [5.41, 5.74) is 6.77. The van der Waals surface area contributed by atoms with Crippen molar-refractivity contribution in [2.45, 2.75) is 30.4 Å². The van der Waals surface area contributed by atoms with E-state index in [4.69, 9.17) is 4.42 Å². The van der Waals surface area contributed by atoms with E-state index in [0.717, 1.165) is 11.1 Å². The molecule has 2 aromatic carbocycles. The molecule has 3 N–H and O–H groups in total. The fraction of sp³-hybridized carbons (Fsp3) is 0.222. The number of rotatable bonds is 6. The first-order chi connectivity index (χ1) is 11.9. The number of aromatic nitrogens is 2. The van der Waals surface area contributed by atoms with Gasteiger partial charge in [0.25, 0.3) is 5.89 Å². The van der Waals surface area contributed by atoms with Gasteiger partial charge < -0.3 is 10.2 Å². The van der Waals surface area contributed by atoms with E-state index in [1.807, 2.05) is 55.5 Å². The summed E-state index contributed by atoms with van der Waals surface area (Å²) in [6, 6.07) is 16.8. The summed E-state index contributed by atoms with van der Waals surface area (Å²) in [5.74, 6) is 0.0586. The molecule has 7 heteroatoms. The van der Waals surface area contributed by atoms with Crippen LogP contribution in [0.1, 0.15) is 28.6 Å². The van der Waals surface area contributed by atoms with Crippen LogP contribution < -0.4 is 5.73 Å². The molecule has 0 bridgehead atoms. The van der Waals surface area contributed by atoms with Gasteiger partial charge in [0.2, 0.25) is 9.84 Å². The molecular weight excluding hydrogens is 338 g/mol. The first kappa shape index (κ1) is 17.3. The second kappa shape index (κ2) is 7.16. The van der Waals surface area contributed by atoms with Gasteiger partial charge in [-0.1, -0.05) is 65.3 Å². The number of benzene rings is 2. The average Bonchev–Trinajstić information content (AvgIpc) is 3.06. The molecule has 6 nitrogen and oxygen atoms in total. The van der Waals surface area contributed by atoms with Crippen molar-refractivity contribution >= 4 is 9.84 Å². The van der Waals surface area contributed by atoms with Crippen molar-refractivity contribution in [3.63, 3.8) is 0 Å². The second-order valence-corrected chi connectivity index (χ2v) is 7.91. The summed E-state index contributed by atoms with van der Waals surface area (Å²) in [5, 5.41) is 7.25. The third kappa shape index (κ3) is 4.32. The smallest absolute Gasteiger partial charge is 0.336 e. The highest BCUT2D eigenvalue weighted by molar-refractivity contribution is 7.90. The Kier molecular flexibility index (Phi) is 4.96. The number of aryl methyl sites for hydroxylation is 1. The SMILES string of the molecule is Cc1cccc(CS(=O)(=O)c2nnc([C@@H]([NH3+])Cc3ccccc3)o2)c1. The van der Waals surface area contributed by atoms with E-state index in [2.05, 4.69) is 15.9 Å². The van der Waals surface area contributed by atoms with Crippen LogP contribution in [0, 0.1) is 6.92 Å². The number of sulfone groups is 1. The Balaban J connectivity index is 1.75. The lowest BCUT2D eigenvalue weighted by atomic mass is 10.1. The molecule has 1 atom stereocenters.